The molecule has 2 heterocycles. The van der Waals surface area contributed by atoms with Crippen LogP contribution in [0.5, 0.6) is 0 Å². The fourth-order valence-electron chi connectivity index (χ4n) is 2.68. The highest BCUT2D eigenvalue weighted by molar-refractivity contribution is 5.87. The molecule has 2 amide bonds. The van der Waals surface area contributed by atoms with Crippen LogP contribution in [0, 0.1) is 0 Å². The first-order valence-electron chi connectivity index (χ1n) is 6.61. The molecule has 2 unspecified atom stereocenters. The summed E-state index contributed by atoms with van der Waals surface area (Å²) in [6.07, 6.45) is 2.47. The lowest BCUT2D eigenvalue weighted by atomic mass is 10.1. The summed E-state index contributed by atoms with van der Waals surface area (Å²) in [6.45, 7) is 6.78. The molecule has 2 saturated heterocycles. The molecular formula is C13H22N2O3. The summed E-state index contributed by atoms with van der Waals surface area (Å²) in [6, 6.07) is -0.0488. The molecule has 0 bridgehead atoms. The summed E-state index contributed by atoms with van der Waals surface area (Å²) in [5.41, 5.74) is -0.0864. The first-order valence-corrected chi connectivity index (χ1v) is 6.61. The average molecular weight is 254 g/mol. The summed E-state index contributed by atoms with van der Waals surface area (Å²) >= 11 is 0. The largest absolute Gasteiger partial charge is 0.371 e. The number of carbonyl (C=O) groups is 2. The van der Waals surface area contributed by atoms with Gasteiger partial charge in [-0.15, -0.1) is 0 Å². The zero-order valence-corrected chi connectivity index (χ0v) is 11.4. The summed E-state index contributed by atoms with van der Waals surface area (Å²) in [7, 11) is 0. The van der Waals surface area contributed by atoms with Gasteiger partial charge in [-0.05, 0) is 33.6 Å². The van der Waals surface area contributed by atoms with Gasteiger partial charge in [-0.25, -0.2) is 0 Å². The number of carbonyl (C=O) groups excluding carboxylic acids is 2. The van der Waals surface area contributed by atoms with Crippen molar-refractivity contribution in [3.05, 3.63) is 0 Å². The van der Waals surface area contributed by atoms with Crippen molar-refractivity contribution < 1.29 is 14.3 Å². The molecule has 18 heavy (non-hydrogen) atoms. The van der Waals surface area contributed by atoms with Crippen LogP contribution in [0.3, 0.4) is 0 Å². The predicted octanol–water partition coefficient (Wildman–Crippen LogP) is 0.681. The summed E-state index contributed by atoms with van der Waals surface area (Å²) in [5, 5.41) is 2.62. The van der Waals surface area contributed by atoms with E-state index in [-0.39, 0.29) is 36.1 Å². The second kappa shape index (κ2) is 4.88. The number of ether oxygens (including phenoxy) is 1. The van der Waals surface area contributed by atoms with Gasteiger partial charge in [0.05, 0.1) is 18.2 Å². The Morgan fingerprint density at radius 1 is 1.44 bits per heavy atom. The van der Waals surface area contributed by atoms with Crippen molar-refractivity contribution in [2.45, 2.75) is 57.8 Å². The summed E-state index contributed by atoms with van der Waals surface area (Å²) in [4.78, 5) is 25.2. The molecule has 0 saturated carbocycles. The highest BCUT2D eigenvalue weighted by Gasteiger charge is 2.35. The highest BCUT2D eigenvalue weighted by atomic mass is 16.5. The predicted molar refractivity (Wildman–Crippen MR) is 67.0 cm³/mol. The molecule has 0 radical (unpaired) electrons. The normalized spacial score (nSPS) is 32.3. The number of nitrogens with zero attached hydrogens (tertiary/aromatic N) is 1. The third-order valence-electron chi connectivity index (χ3n) is 3.72. The Balaban J connectivity index is 1.98. The maximum Gasteiger partial charge on any atom is 0.242 e. The lowest BCUT2D eigenvalue weighted by molar-refractivity contribution is -0.134. The van der Waals surface area contributed by atoms with Crippen molar-refractivity contribution in [1.29, 1.82) is 0 Å². The minimum atomic E-state index is -0.0864. The van der Waals surface area contributed by atoms with Crippen molar-refractivity contribution in [1.82, 2.24) is 10.2 Å². The van der Waals surface area contributed by atoms with Gasteiger partial charge in [0.15, 0.2) is 0 Å². The van der Waals surface area contributed by atoms with Gasteiger partial charge < -0.3 is 15.0 Å². The molecule has 0 spiro atoms. The number of hydrogen-bond donors (Lipinski definition) is 1. The first-order chi connectivity index (χ1) is 8.37. The van der Waals surface area contributed by atoms with Gasteiger partial charge in [0.2, 0.25) is 11.8 Å². The van der Waals surface area contributed by atoms with Crippen molar-refractivity contribution in [2.24, 2.45) is 0 Å². The average Bonchev–Trinajstić information content (AvgIpc) is 2.56. The molecule has 0 aromatic heterocycles. The maximum atomic E-state index is 12.0. The topological polar surface area (TPSA) is 58.6 Å². The van der Waals surface area contributed by atoms with Gasteiger partial charge >= 0.3 is 0 Å². The third-order valence-corrected chi connectivity index (χ3v) is 3.72. The monoisotopic (exact) mass is 254 g/mol. The Morgan fingerprint density at radius 3 is 2.78 bits per heavy atom. The number of nitrogens with one attached hydrogen (secondary N) is 1. The molecule has 5 heteroatoms. The summed E-state index contributed by atoms with van der Waals surface area (Å²) in [5.74, 6) is -0.0623. The van der Waals surface area contributed by atoms with E-state index in [0.717, 1.165) is 12.8 Å². The minimum Gasteiger partial charge on any atom is -0.371 e. The van der Waals surface area contributed by atoms with E-state index < -0.39 is 0 Å². The van der Waals surface area contributed by atoms with E-state index in [4.69, 9.17) is 4.74 Å². The lowest BCUT2D eigenvalue weighted by Gasteiger charge is -2.29. The van der Waals surface area contributed by atoms with Gasteiger partial charge in [0, 0.05) is 19.0 Å². The van der Waals surface area contributed by atoms with Crippen LogP contribution < -0.4 is 5.32 Å². The van der Waals surface area contributed by atoms with Crippen LogP contribution in [-0.2, 0) is 14.3 Å². The zero-order valence-electron chi connectivity index (χ0n) is 11.4. The maximum absolute atomic E-state index is 12.0. The Morgan fingerprint density at radius 2 is 2.17 bits per heavy atom. The fraction of sp³-hybridized carbons (Fsp3) is 0.846. The standard InChI is InChI=1S/C13H22N2O3/c1-9-6-11(16)14-7-12(17)15(9)8-10-4-5-13(2,3)18-10/h9-10H,4-8H2,1-3H3,(H,14,16). The van der Waals surface area contributed by atoms with Crippen LogP contribution in [-0.4, -0.2) is 47.6 Å². The van der Waals surface area contributed by atoms with Crippen LogP contribution in [0.1, 0.15) is 40.0 Å². The van der Waals surface area contributed by atoms with E-state index in [1.54, 1.807) is 4.90 Å². The van der Waals surface area contributed by atoms with Crippen LogP contribution in [0.2, 0.25) is 0 Å². The smallest absolute Gasteiger partial charge is 0.242 e. The third kappa shape index (κ3) is 3.02. The fourth-order valence-corrected chi connectivity index (χ4v) is 2.68. The van der Waals surface area contributed by atoms with Crippen molar-refractivity contribution >= 4 is 11.8 Å². The lowest BCUT2D eigenvalue weighted by Crippen LogP contribution is -2.44. The number of amides is 2. The molecule has 0 aromatic carbocycles. The van der Waals surface area contributed by atoms with E-state index >= 15 is 0 Å². The molecule has 0 aliphatic carbocycles. The van der Waals surface area contributed by atoms with Crippen LogP contribution in [0.25, 0.3) is 0 Å². The van der Waals surface area contributed by atoms with E-state index in [9.17, 15) is 9.59 Å². The van der Waals surface area contributed by atoms with Crippen LogP contribution in [0.15, 0.2) is 0 Å². The van der Waals surface area contributed by atoms with Crippen molar-refractivity contribution in [3.63, 3.8) is 0 Å². The van der Waals surface area contributed by atoms with Gasteiger partial charge in [0.1, 0.15) is 0 Å². The second-order valence-corrected chi connectivity index (χ2v) is 5.91. The molecule has 2 rings (SSSR count). The molecule has 102 valence electrons. The molecule has 2 aliphatic heterocycles. The SMILES string of the molecule is CC1CC(=O)NCC(=O)N1CC1CCC(C)(C)O1. The Kier molecular flexibility index (Phi) is 3.61. The molecule has 2 atom stereocenters. The minimum absolute atomic E-state index is 0.0124. The van der Waals surface area contributed by atoms with E-state index in [1.807, 2.05) is 6.92 Å². The first kappa shape index (κ1) is 13.3. The highest BCUT2D eigenvalue weighted by Crippen LogP contribution is 2.30. The number of rotatable bonds is 2. The second-order valence-electron chi connectivity index (χ2n) is 5.91. The molecular weight excluding hydrogens is 232 g/mol. The van der Waals surface area contributed by atoms with E-state index in [2.05, 4.69) is 19.2 Å². The molecule has 2 fully saturated rings. The van der Waals surface area contributed by atoms with Crippen molar-refractivity contribution in [2.75, 3.05) is 13.1 Å². The quantitative estimate of drug-likeness (QED) is 0.788. The Labute approximate surface area is 108 Å². The Bertz CT molecular complexity index is 354. The number of hydrogen-bond acceptors (Lipinski definition) is 3. The molecule has 1 N–H and O–H groups in total. The summed E-state index contributed by atoms with van der Waals surface area (Å²) < 4.78 is 5.92. The van der Waals surface area contributed by atoms with E-state index in [0.29, 0.717) is 13.0 Å². The van der Waals surface area contributed by atoms with Gasteiger partial charge in [-0.1, -0.05) is 0 Å². The molecule has 2 aliphatic rings. The Hall–Kier alpha value is -1.10. The zero-order chi connectivity index (χ0) is 13.3. The van der Waals surface area contributed by atoms with Gasteiger partial charge in [-0.3, -0.25) is 9.59 Å². The molecule has 0 aromatic rings. The van der Waals surface area contributed by atoms with Gasteiger partial charge in [0.25, 0.3) is 0 Å². The van der Waals surface area contributed by atoms with Gasteiger partial charge in [-0.2, -0.15) is 0 Å². The van der Waals surface area contributed by atoms with Crippen LogP contribution >= 0.6 is 0 Å². The van der Waals surface area contributed by atoms with E-state index in [1.165, 1.54) is 0 Å². The molecule has 5 nitrogen and oxygen atoms in total. The van der Waals surface area contributed by atoms with Crippen LogP contribution in [0.4, 0.5) is 0 Å². The van der Waals surface area contributed by atoms with Crippen molar-refractivity contribution in [3.8, 4) is 0 Å².